The SMILES string of the molecule is Cn1nnc(NC(=O)c2cccc(NN)c2[N+](=O)[O-])n1. The zero-order valence-corrected chi connectivity index (χ0v) is 10.3. The van der Waals surface area contributed by atoms with Crippen LogP contribution in [-0.4, -0.2) is 31.0 Å². The number of nitro benzene ring substituents is 1. The fourth-order valence-corrected chi connectivity index (χ4v) is 1.54. The predicted octanol–water partition coefficient (Wildman–Crippen LogP) is -0.344. The highest BCUT2D eigenvalue weighted by Crippen LogP contribution is 2.28. The lowest BCUT2D eigenvalue weighted by molar-refractivity contribution is -0.384. The Labute approximate surface area is 111 Å². The number of nitrogen functional groups attached to an aromatic ring is 1. The molecule has 0 radical (unpaired) electrons. The number of para-hydroxylation sites is 1. The summed E-state index contributed by atoms with van der Waals surface area (Å²) in [6, 6.07) is 4.14. The van der Waals surface area contributed by atoms with Gasteiger partial charge in [-0.05, 0) is 17.3 Å². The van der Waals surface area contributed by atoms with Crippen molar-refractivity contribution in [3.05, 3.63) is 33.9 Å². The largest absolute Gasteiger partial charge is 0.318 e. The third-order valence-corrected chi connectivity index (χ3v) is 2.35. The Kier molecular flexibility index (Phi) is 3.52. The molecular weight excluding hydrogens is 268 g/mol. The molecule has 0 aliphatic rings. The van der Waals surface area contributed by atoms with Crippen molar-refractivity contribution in [2.75, 3.05) is 10.7 Å². The third-order valence-electron chi connectivity index (χ3n) is 2.35. The lowest BCUT2D eigenvalue weighted by Gasteiger charge is -2.06. The Bertz CT molecular complexity index is 667. The zero-order chi connectivity index (χ0) is 14.7. The normalized spacial score (nSPS) is 10.1. The molecule has 0 fully saturated rings. The summed E-state index contributed by atoms with van der Waals surface area (Å²) in [4.78, 5) is 23.5. The van der Waals surface area contributed by atoms with Gasteiger partial charge in [0.2, 0.25) is 0 Å². The van der Waals surface area contributed by atoms with Crippen molar-refractivity contribution in [1.29, 1.82) is 0 Å². The number of rotatable bonds is 4. The number of nitrogens with zero attached hydrogens (tertiary/aromatic N) is 5. The van der Waals surface area contributed by atoms with Gasteiger partial charge >= 0.3 is 5.69 Å². The number of nitrogens with two attached hydrogens (primary N) is 1. The van der Waals surface area contributed by atoms with Crippen LogP contribution in [0.3, 0.4) is 0 Å². The number of carbonyl (C=O) groups is 1. The van der Waals surface area contributed by atoms with E-state index < -0.39 is 16.5 Å². The molecule has 0 aliphatic heterocycles. The topological polar surface area (TPSA) is 154 Å². The van der Waals surface area contributed by atoms with E-state index >= 15 is 0 Å². The molecule has 1 amide bonds. The van der Waals surface area contributed by atoms with Gasteiger partial charge in [-0.15, -0.1) is 5.10 Å². The van der Waals surface area contributed by atoms with E-state index in [4.69, 9.17) is 5.84 Å². The molecule has 2 rings (SSSR count). The molecule has 1 heterocycles. The molecule has 11 heteroatoms. The molecule has 0 saturated carbocycles. The number of benzene rings is 1. The van der Waals surface area contributed by atoms with Crippen LogP contribution in [0.5, 0.6) is 0 Å². The van der Waals surface area contributed by atoms with Crippen LogP contribution >= 0.6 is 0 Å². The zero-order valence-electron chi connectivity index (χ0n) is 10.3. The van der Waals surface area contributed by atoms with Gasteiger partial charge in [0, 0.05) is 0 Å². The summed E-state index contributed by atoms with van der Waals surface area (Å²) < 4.78 is 0. The monoisotopic (exact) mass is 278 g/mol. The molecule has 11 nitrogen and oxygen atoms in total. The lowest BCUT2D eigenvalue weighted by Crippen LogP contribution is -2.17. The highest BCUT2D eigenvalue weighted by molar-refractivity contribution is 6.07. The number of hydrogen-bond donors (Lipinski definition) is 3. The van der Waals surface area contributed by atoms with Crippen molar-refractivity contribution < 1.29 is 9.72 Å². The number of anilines is 2. The first-order valence-corrected chi connectivity index (χ1v) is 5.32. The van der Waals surface area contributed by atoms with Crippen LogP contribution < -0.4 is 16.6 Å². The second-order valence-corrected chi connectivity index (χ2v) is 3.66. The Balaban J connectivity index is 2.36. The second kappa shape index (κ2) is 5.27. The number of nitro groups is 1. The van der Waals surface area contributed by atoms with Gasteiger partial charge in [0.05, 0.1) is 12.0 Å². The van der Waals surface area contributed by atoms with Crippen molar-refractivity contribution >= 4 is 23.2 Å². The first-order valence-electron chi connectivity index (χ1n) is 5.32. The Morgan fingerprint density at radius 1 is 1.50 bits per heavy atom. The van der Waals surface area contributed by atoms with Crippen LogP contribution in [0, 0.1) is 10.1 Å². The van der Waals surface area contributed by atoms with E-state index in [1.165, 1.54) is 25.2 Å². The minimum atomic E-state index is -0.734. The van der Waals surface area contributed by atoms with Crippen molar-refractivity contribution in [3.8, 4) is 0 Å². The van der Waals surface area contributed by atoms with Gasteiger partial charge in [0.15, 0.2) is 0 Å². The van der Waals surface area contributed by atoms with Crippen molar-refractivity contribution in [3.63, 3.8) is 0 Å². The molecule has 0 spiro atoms. The quantitative estimate of drug-likeness (QED) is 0.389. The van der Waals surface area contributed by atoms with Crippen molar-refractivity contribution in [2.45, 2.75) is 0 Å². The third kappa shape index (κ3) is 2.51. The molecule has 4 N–H and O–H groups in total. The van der Waals surface area contributed by atoms with Gasteiger partial charge in [-0.3, -0.25) is 26.1 Å². The van der Waals surface area contributed by atoms with Gasteiger partial charge in [-0.1, -0.05) is 11.2 Å². The maximum Gasteiger partial charge on any atom is 0.306 e. The van der Waals surface area contributed by atoms with Crippen LogP contribution in [0.1, 0.15) is 10.4 Å². The summed E-state index contributed by atoms with van der Waals surface area (Å²) in [7, 11) is 1.52. The lowest BCUT2D eigenvalue weighted by atomic mass is 10.1. The van der Waals surface area contributed by atoms with Crippen LogP contribution in [0.4, 0.5) is 17.3 Å². The summed E-state index contributed by atoms with van der Waals surface area (Å²) in [5.41, 5.74) is 1.59. The van der Waals surface area contributed by atoms with E-state index in [9.17, 15) is 14.9 Å². The maximum atomic E-state index is 12.0. The molecule has 1 aromatic carbocycles. The molecule has 2 aromatic rings. The Morgan fingerprint density at radius 3 is 2.80 bits per heavy atom. The number of aryl methyl sites for hydroxylation is 1. The summed E-state index contributed by atoms with van der Waals surface area (Å²) in [5.74, 6) is 4.40. The molecule has 1 aromatic heterocycles. The number of nitrogens with one attached hydrogen (secondary N) is 2. The number of carbonyl (C=O) groups excluding carboxylic acids is 1. The van der Waals surface area contributed by atoms with Crippen molar-refractivity contribution in [2.24, 2.45) is 12.9 Å². The van der Waals surface area contributed by atoms with Crippen LogP contribution in [0.15, 0.2) is 18.2 Å². The molecule has 0 bridgehead atoms. The van der Waals surface area contributed by atoms with E-state index in [-0.39, 0.29) is 17.2 Å². The Hall–Kier alpha value is -3.08. The summed E-state index contributed by atoms with van der Waals surface area (Å²) in [6.45, 7) is 0. The second-order valence-electron chi connectivity index (χ2n) is 3.66. The summed E-state index contributed by atoms with van der Waals surface area (Å²) in [5, 5.41) is 24.2. The number of hydrogen-bond acceptors (Lipinski definition) is 8. The van der Waals surface area contributed by atoms with Crippen LogP contribution in [0.25, 0.3) is 0 Å². The van der Waals surface area contributed by atoms with Crippen LogP contribution in [0.2, 0.25) is 0 Å². The van der Waals surface area contributed by atoms with Gasteiger partial charge < -0.3 is 5.43 Å². The first-order chi connectivity index (χ1) is 9.52. The molecule has 0 atom stereocenters. The average molecular weight is 278 g/mol. The van der Waals surface area contributed by atoms with Gasteiger partial charge in [-0.25, -0.2) is 0 Å². The molecule has 0 aliphatic carbocycles. The van der Waals surface area contributed by atoms with Gasteiger partial charge in [0.1, 0.15) is 11.3 Å². The minimum Gasteiger partial charge on any atom is -0.318 e. The van der Waals surface area contributed by atoms with Gasteiger partial charge in [-0.2, -0.15) is 4.80 Å². The Morgan fingerprint density at radius 2 is 2.25 bits per heavy atom. The summed E-state index contributed by atoms with van der Waals surface area (Å²) >= 11 is 0. The molecule has 0 saturated heterocycles. The minimum absolute atomic E-state index is 0.0229. The molecule has 104 valence electrons. The predicted molar refractivity (Wildman–Crippen MR) is 67.7 cm³/mol. The molecule has 20 heavy (non-hydrogen) atoms. The highest BCUT2D eigenvalue weighted by Gasteiger charge is 2.24. The smallest absolute Gasteiger partial charge is 0.306 e. The number of tetrazole rings is 1. The van der Waals surface area contributed by atoms with E-state index in [1.54, 1.807) is 0 Å². The molecule has 0 unspecified atom stereocenters. The number of hydrazine groups is 1. The van der Waals surface area contributed by atoms with E-state index in [2.05, 4.69) is 26.2 Å². The van der Waals surface area contributed by atoms with E-state index in [1.807, 2.05) is 0 Å². The van der Waals surface area contributed by atoms with Crippen LogP contribution in [-0.2, 0) is 7.05 Å². The number of amides is 1. The average Bonchev–Trinajstić information content (AvgIpc) is 2.82. The van der Waals surface area contributed by atoms with E-state index in [0.29, 0.717) is 0 Å². The van der Waals surface area contributed by atoms with Gasteiger partial charge in [0.25, 0.3) is 11.9 Å². The van der Waals surface area contributed by atoms with E-state index in [0.717, 1.165) is 4.80 Å². The van der Waals surface area contributed by atoms with Crippen molar-refractivity contribution in [1.82, 2.24) is 20.2 Å². The first kappa shape index (κ1) is 13.4. The number of aromatic nitrogens is 4. The fourth-order valence-electron chi connectivity index (χ4n) is 1.54. The maximum absolute atomic E-state index is 12.0. The fraction of sp³-hybridized carbons (Fsp3) is 0.111. The summed E-state index contributed by atoms with van der Waals surface area (Å²) in [6.07, 6.45) is 0. The standard InChI is InChI=1S/C9H10N8O3/c1-16-14-9(13-15-16)11-8(18)5-3-2-4-6(12-10)7(5)17(19)20/h2-4,12H,10H2,1H3,(H,11,14,18). The molecular formula is C9H10N8O3. The highest BCUT2D eigenvalue weighted by atomic mass is 16.6.